The monoisotopic (exact) mass is 576 g/mol. The first kappa shape index (κ1) is 29.1. The highest BCUT2D eigenvalue weighted by molar-refractivity contribution is 7.95. The van der Waals surface area contributed by atoms with Crippen LogP contribution in [0.3, 0.4) is 0 Å². The summed E-state index contributed by atoms with van der Waals surface area (Å²) in [7, 11) is -0.000477. The minimum atomic E-state index is -1.70. The average Bonchev–Trinajstić information content (AvgIpc) is 2.96. The van der Waals surface area contributed by atoms with E-state index in [1.807, 2.05) is 12.1 Å². The van der Waals surface area contributed by atoms with Gasteiger partial charge in [-0.05, 0) is 79.8 Å². The molecule has 0 unspecified atom stereocenters. The van der Waals surface area contributed by atoms with Gasteiger partial charge in [-0.15, -0.1) is 0 Å². The number of benzene rings is 4. The van der Waals surface area contributed by atoms with Crippen LogP contribution in [0.25, 0.3) is 0 Å². The van der Waals surface area contributed by atoms with Crippen LogP contribution in [0.5, 0.6) is 5.75 Å². The second-order valence-electron chi connectivity index (χ2n) is 9.16. The van der Waals surface area contributed by atoms with Gasteiger partial charge in [-0.2, -0.15) is 0 Å². The third kappa shape index (κ3) is 8.01. The molecule has 0 aliphatic carbocycles. The van der Waals surface area contributed by atoms with Crippen molar-refractivity contribution >= 4 is 23.2 Å². The molecule has 0 bridgehead atoms. The van der Waals surface area contributed by atoms with E-state index in [0.29, 0.717) is 0 Å². The number of ether oxygens (including phenoxy) is 2. The van der Waals surface area contributed by atoms with Crippen molar-refractivity contribution in [1.29, 1.82) is 0 Å². The van der Waals surface area contributed by atoms with Crippen molar-refractivity contribution in [3.05, 3.63) is 121 Å². The minimum absolute atomic E-state index is 0. The van der Waals surface area contributed by atoms with Gasteiger partial charge >= 0.3 is 0 Å². The molecule has 37 heavy (non-hydrogen) atoms. The van der Waals surface area contributed by atoms with Gasteiger partial charge in [-0.1, -0.05) is 73.2 Å². The van der Waals surface area contributed by atoms with Crippen LogP contribution in [-0.4, -0.2) is 26.5 Å². The Morgan fingerprint density at radius 3 is 1.51 bits per heavy atom. The zero-order valence-electron chi connectivity index (χ0n) is 21.8. The first-order chi connectivity index (χ1) is 17.8. The molecule has 2 nitrogen and oxygen atoms in total. The predicted octanol–water partition coefficient (Wildman–Crippen LogP) is 3.81. The minimum Gasteiger partial charge on any atom is -1.00 e. The quantitative estimate of drug-likeness (QED) is 0.168. The molecule has 0 radical (unpaired) electrons. The third-order valence-electron chi connectivity index (χ3n) is 6.82. The number of halogens is 1. The lowest BCUT2D eigenvalue weighted by Crippen LogP contribution is -3.00. The number of methoxy groups -OCH3 is 1. The van der Waals surface area contributed by atoms with Crippen molar-refractivity contribution < 1.29 is 26.5 Å². The summed E-state index contributed by atoms with van der Waals surface area (Å²) in [5.74, 6) is 0.901. The molecule has 0 saturated carbocycles. The molecule has 4 aromatic rings. The van der Waals surface area contributed by atoms with Crippen LogP contribution >= 0.6 is 7.26 Å². The summed E-state index contributed by atoms with van der Waals surface area (Å²) in [6.45, 7) is 1.61. The van der Waals surface area contributed by atoms with Crippen LogP contribution < -0.4 is 37.6 Å². The van der Waals surface area contributed by atoms with Crippen LogP contribution in [0, 0.1) is 0 Å². The summed E-state index contributed by atoms with van der Waals surface area (Å²) in [6, 6.07) is 41.8. The summed E-state index contributed by atoms with van der Waals surface area (Å²) < 4.78 is 11.2. The van der Waals surface area contributed by atoms with E-state index < -0.39 is 7.26 Å². The fourth-order valence-electron chi connectivity index (χ4n) is 4.87. The maximum atomic E-state index is 5.93. The lowest BCUT2D eigenvalue weighted by atomic mass is 10.1. The Labute approximate surface area is 234 Å². The van der Waals surface area contributed by atoms with Gasteiger partial charge in [0.05, 0.1) is 19.9 Å². The van der Waals surface area contributed by atoms with Gasteiger partial charge in [-0.3, -0.25) is 0 Å². The first-order valence-electron chi connectivity index (χ1n) is 13.1. The van der Waals surface area contributed by atoms with Gasteiger partial charge in [0.15, 0.2) is 0 Å². The van der Waals surface area contributed by atoms with E-state index in [9.17, 15) is 0 Å². The van der Waals surface area contributed by atoms with Crippen LogP contribution in [0.2, 0.25) is 0 Å². The molecule has 4 rings (SSSR count). The summed E-state index contributed by atoms with van der Waals surface area (Å²) in [4.78, 5) is 0. The van der Waals surface area contributed by atoms with Gasteiger partial charge in [0.25, 0.3) is 0 Å². The Morgan fingerprint density at radius 2 is 1.03 bits per heavy atom. The standard InChI is InChI=1S/C33H38O2P.BrH/c1-34-30-23-21-29(22-24-30)25-27-35-26-13-2-3-14-28-36(31-15-7-4-8-16-31,32-17-9-5-10-18-32)33-19-11-6-12-20-33;/h4-12,15-24H,2-3,13-14,25-28H2,1H3;1H/q+1;/p-1. The molecular formula is C33H38BrO2P. The third-order valence-corrected chi connectivity index (χ3v) is 11.3. The van der Waals surface area contributed by atoms with Crippen LogP contribution in [0.1, 0.15) is 31.2 Å². The summed E-state index contributed by atoms with van der Waals surface area (Å²) in [5.41, 5.74) is 1.29. The van der Waals surface area contributed by atoms with E-state index in [1.54, 1.807) is 7.11 Å². The molecule has 0 atom stereocenters. The van der Waals surface area contributed by atoms with Gasteiger partial charge in [0.1, 0.15) is 28.9 Å². The normalized spacial score (nSPS) is 11.1. The average molecular weight is 578 g/mol. The highest BCUT2D eigenvalue weighted by Gasteiger charge is 2.44. The molecule has 0 aliphatic rings. The zero-order valence-corrected chi connectivity index (χ0v) is 24.2. The molecule has 0 fully saturated rings. The number of unbranched alkanes of at least 4 members (excludes halogenated alkanes) is 3. The van der Waals surface area contributed by atoms with Crippen molar-refractivity contribution in [2.24, 2.45) is 0 Å². The molecule has 0 N–H and O–H groups in total. The molecule has 4 aromatic carbocycles. The van der Waals surface area contributed by atoms with Gasteiger partial charge in [0.2, 0.25) is 0 Å². The Hall–Kier alpha value is -2.45. The van der Waals surface area contributed by atoms with Crippen molar-refractivity contribution in [2.45, 2.75) is 32.1 Å². The molecule has 0 aromatic heterocycles. The Balaban J connectivity index is 0.00000380. The summed E-state index contributed by atoms with van der Waals surface area (Å²) in [6.07, 6.45) is 6.93. The number of hydrogen-bond donors (Lipinski definition) is 0. The predicted molar refractivity (Wildman–Crippen MR) is 156 cm³/mol. The number of hydrogen-bond acceptors (Lipinski definition) is 2. The van der Waals surface area contributed by atoms with Crippen LogP contribution in [0.15, 0.2) is 115 Å². The summed E-state index contributed by atoms with van der Waals surface area (Å²) >= 11 is 0. The Kier molecular flexibility index (Phi) is 12.4. The van der Waals surface area contributed by atoms with Crippen molar-refractivity contribution in [3.8, 4) is 5.75 Å². The topological polar surface area (TPSA) is 18.5 Å². The van der Waals surface area contributed by atoms with E-state index >= 15 is 0 Å². The molecule has 4 heteroatoms. The van der Waals surface area contributed by atoms with E-state index in [1.165, 1.54) is 46.9 Å². The molecular weight excluding hydrogens is 539 g/mol. The second-order valence-corrected chi connectivity index (χ2v) is 12.8. The fourth-order valence-corrected chi connectivity index (χ4v) is 9.28. The van der Waals surface area contributed by atoms with Gasteiger partial charge in [0, 0.05) is 6.61 Å². The van der Waals surface area contributed by atoms with Crippen molar-refractivity contribution in [3.63, 3.8) is 0 Å². The highest BCUT2D eigenvalue weighted by atomic mass is 79.9. The van der Waals surface area contributed by atoms with E-state index in [4.69, 9.17) is 9.47 Å². The van der Waals surface area contributed by atoms with Crippen LogP contribution in [0.4, 0.5) is 0 Å². The highest BCUT2D eigenvalue weighted by Crippen LogP contribution is 2.55. The largest absolute Gasteiger partial charge is 1.00 e. The van der Waals surface area contributed by atoms with Gasteiger partial charge < -0.3 is 26.5 Å². The van der Waals surface area contributed by atoms with E-state index in [0.717, 1.165) is 31.8 Å². The maximum Gasteiger partial charge on any atom is 0.118 e. The Bertz CT molecular complexity index is 1040. The fraction of sp³-hybridized carbons (Fsp3) is 0.273. The molecule has 0 aliphatic heterocycles. The van der Waals surface area contributed by atoms with Crippen molar-refractivity contribution in [1.82, 2.24) is 0 Å². The SMILES string of the molecule is COc1ccc(CCOCCCCCC[P+](c2ccccc2)(c2ccccc2)c2ccccc2)cc1.[Br-]. The van der Waals surface area contributed by atoms with Crippen molar-refractivity contribution in [2.75, 3.05) is 26.5 Å². The van der Waals surface area contributed by atoms with E-state index in [2.05, 4.69) is 103 Å². The lowest BCUT2D eigenvalue weighted by molar-refractivity contribution is -0.00000824. The van der Waals surface area contributed by atoms with Crippen LogP contribution in [-0.2, 0) is 11.2 Å². The first-order valence-corrected chi connectivity index (χ1v) is 15.1. The summed E-state index contributed by atoms with van der Waals surface area (Å²) in [5, 5.41) is 4.43. The van der Waals surface area contributed by atoms with E-state index in [-0.39, 0.29) is 17.0 Å². The molecule has 0 amide bonds. The number of rotatable bonds is 14. The molecule has 0 saturated heterocycles. The lowest BCUT2D eigenvalue weighted by Gasteiger charge is -2.27. The molecule has 0 spiro atoms. The smallest absolute Gasteiger partial charge is 0.118 e. The second kappa shape index (κ2) is 15.7. The van der Waals surface area contributed by atoms with Gasteiger partial charge in [-0.25, -0.2) is 0 Å². The molecule has 0 heterocycles. The maximum absolute atomic E-state index is 5.93. The Morgan fingerprint density at radius 1 is 0.541 bits per heavy atom. The zero-order chi connectivity index (χ0) is 24.9. The molecule has 194 valence electrons.